The number of aromatic amines is 1. The molecule has 4 rings (SSSR count). The third-order valence-electron chi connectivity index (χ3n) is 5.38. The van der Waals surface area contributed by atoms with E-state index < -0.39 is 5.91 Å². The highest BCUT2D eigenvalue weighted by Crippen LogP contribution is 2.39. The number of primary amides is 1. The van der Waals surface area contributed by atoms with E-state index in [0.717, 1.165) is 30.7 Å². The summed E-state index contributed by atoms with van der Waals surface area (Å²) in [6, 6.07) is 3.62. The number of hydrogen-bond donors (Lipinski definition) is 2. The normalized spacial score (nSPS) is 24.5. The Kier molecular flexibility index (Phi) is 3.77. The van der Waals surface area contributed by atoms with Crippen LogP contribution >= 0.6 is 9.39 Å². The van der Waals surface area contributed by atoms with E-state index in [1.807, 2.05) is 13.0 Å². The van der Waals surface area contributed by atoms with Gasteiger partial charge in [-0.25, -0.2) is 4.39 Å². The van der Waals surface area contributed by atoms with Crippen molar-refractivity contribution in [3.8, 4) is 0 Å². The summed E-state index contributed by atoms with van der Waals surface area (Å²) in [5.74, 6) is -0.427. The molecule has 2 aromatic rings. The maximum absolute atomic E-state index is 14.9. The van der Waals surface area contributed by atoms with E-state index in [4.69, 9.17) is 5.73 Å². The molecule has 2 aliphatic rings. The molecule has 3 N–H and O–H groups in total. The van der Waals surface area contributed by atoms with Gasteiger partial charge >= 0.3 is 0 Å². The van der Waals surface area contributed by atoms with Gasteiger partial charge in [-0.1, -0.05) is 9.39 Å². The number of piperidine rings is 1. The van der Waals surface area contributed by atoms with Crippen LogP contribution < -0.4 is 10.6 Å². The number of rotatable bonds is 2. The van der Waals surface area contributed by atoms with Crippen molar-refractivity contribution in [2.45, 2.75) is 25.8 Å². The number of nitrogens with one attached hydrogen (secondary N) is 1. The average molecular weight is 348 g/mol. The van der Waals surface area contributed by atoms with Gasteiger partial charge in [0.15, 0.2) is 0 Å². The molecule has 7 heteroatoms. The molecule has 0 spiro atoms. The fraction of sp³-hybridized carbons (Fsp3) is 0.471. The summed E-state index contributed by atoms with van der Waals surface area (Å²) in [6.45, 7) is 4.63. The van der Waals surface area contributed by atoms with Gasteiger partial charge in [0.1, 0.15) is 5.82 Å². The van der Waals surface area contributed by atoms with Gasteiger partial charge in [0.05, 0.1) is 16.8 Å². The Morgan fingerprint density at radius 1 is 1.42 bits per heavy atom. The zero-order chi connectivity index (χ0) is 17.0. The summed E-state index contributed by atoms with van der Waals surface area (Å²) in [6.07, 6.45) is 2.36. The number of aromatic nitrogens is 1. The molecule has 2 aliphatic heterocycles. The number of carbonyl (C=O) groups excluding carboxylic acids is 1. The number of H-pyrrole nitrogens is 1. The lowest BCUT2D eigenvalue weighted by Crippen LogP contribution is -2.38. The predicted octanol–water partition coefficient (Wildman–Crippen LogP) is 2.41. The number of nitrogens with zero attached hydrogens (tertiary/aromatic N) is 2. The number of benzene rings is 1. The first kappa shape index (κ1) is 15.9. The molecule has 3 heterocycles. The highest BCUT2D eigenvalue weighted by atomic mass is 31.0. The first-order valence-corrected chi connectivity index (χ1v) is 8.85. The maximum Gasteiger partial charge on any atom is 0.250 e. The fourth-order valence-corrected chi connectivity index (χ4v) is 4.82. The highest BCUT2D eigenvalue weighted by Gasteiger charge is 2.39. The monoisotopic (exact) mass is 348 g/mol. The molecule has 0 bridgehead atoms. The van der Waals surface area contributed by atoms with Crippen LogP contribution in [-0.2, 0) is 0 Å². The Morgan fingerprint density at radius 3 is 2.92 bits per heavy atom. The molecule has 0 saturated carbocycles. The summed E-state index contributed by atoms with van der Waals surface area (Å²) in [4.78, 5) is 17.0. The topological polar surface area (TPSA) is 65.4 Å². The van der Waals surface area contributed by atoms with Crippen LogP contribution in [0.3, 0.4) is 0 Å². The van der Waals surface area contributed by atoms with Gasteiger partial charge in [0.2, 0.25) is 0 Å². The highest BCUT2D eigenvalue weighted by molar-refractivity contribution is 7.13. The van der Waals surface area contributed by atoms with E-state index in [1.165, 1.54) is 18.9 Å². The molecule has 2 fully saturated rings. The molecular weight excluding hydrogens is 326 g/mol. The second-order valence-corrected chi connectivity index (χ2v) is 7.64. The smallest absolute Gasteiger partial charge is 0.250 e. The zero-order valence-electron chi connectivity index (χ0n) is 13.7. The number of anilines is 1. The molecule has 0 aliphatic carbocycles. The molecule has 1 aromatic carbocycles. The van der Waals surface area contributed by atoms with Crippen LogP contribution in [0.2, 0.25) is 0 Å². The van der Waals surface area contributed by atoms with Crippen molar-refractivity contribution in [1.82, 2.24) is 9.65 Å². The van der Waals surface area contributed by atoms with Crippen LogP contribution in [0.25, 0.3) is 10.9 Å². The molecule has 128 valence electrons. The third kappa shape index (κ3) is 2.40. The Hall–Kier alpha value is -1.65. The minimum Gasteiger partial charge on any atom is -0.367 e. The van der Waals surface area contributed by atoms with Crippen LogP contribution in [-0.4, -0.2) is 41.2 Å². The molecule has 2 saturated heterocycles. The van der Waals surface area contributed by atoms with E-state index in [1.54, 1.807) is 0 Å². The van der Waals surface area contributed by atoms with Gasteiger partial charge in [-0.15, -0.1) is 0 Å². The largest absolute Gasteiger partial charge is 0.367 e. The Morgan fingerprint density at radius 2 is 2.21 bits per heavy atom. The summed E-state index contributed by atoms with van der Waals surface area (Å²) < 4.78 is 17.2. The minimum absolute atomic E-state index is 0.212. The molecule has 3 unspecified atom stereocenters. The Bertz CT molecular complexity index is 821. The number of amides is 1. The molecule has 5 nitrogen and oxygen atoms in total. The standard InChI is InChI=1S/C17H22FN4OP/c1-9-5-11-15(20-9)12(17(19)23)6-13(18)16(11)21-7-10-3-2-4-22(24)14(10)8-21/h5-6,10,14,20H,2-4,7-8,24H2,1H3,(H2,19,23). The second kappa shape index (κ2) is 5.71. The van der Waals surface area contributed by atoms with E-state index >= 15 is 0 Å². The Balaban J connectivity index is 1.81. The van der Waals surface area contributed by atoms with Gasteiger partial charge in [-0.2, -0.15) is 0 Å². The van der Waals surface area contributed by atoms with Crippen LogP contribution in [0.15, 0.2) is 12.1 Å². The third-order valence-corrected chi connectivity index (χ3v) is 6.02. The van der Waals surface area contributed by atoms with Gasteiger partial charge in [0, 0.05) is 36.8 Å². The first-order chi connectivity index (χ1) is 11.5. The van der Waals surface area contributed by atoms with Gasteiger partial charge in [0.25, 0.3) is 5.91 Å². The van der Waals surface area contributed by atoms with Crippen molar-refractivity contribution in [3.63, 3.8) is 0 Å². The SMILES string of the molecule is Cc1cc2c(N3CC4CCCN(P)C4C3)c(F)cc(C(N)=O)c2[nH]1. The number of hydrogen-bond acceptors (Lipinski definition) is 3. The van der Waals surface area contributed by atoms with Crippen LogP contribution in [0.1, 0.15) is 28.9 Å². The first-order valence-electron chi connectivity index (χ1n) is 8.33. The van der Waals surface area contributed by atoms with Crippen molar-refractivity contribution in [1.29, 1.82) is 0 Å². The molecule has 24 heavy (non-hydrogen) atoms. The van der Waals surface area contributed by atoms with E-state index in [0.29, 0.717) is 23.2 Å². The average Bonchev–Trinajstić information content (AvgIpc) is 3.10. The van der Waals surface area contributed by atoms with Crippen molar-refractivity contribution in [2.24, 2.45) is 11.7 Å². The summed E-state index contributed by atoms with van der Waals surface area (Å²) in [5, 5.41) is 0.746. The van der Waals surface area contributed by atoms with Gasteiger partial charge in [-0.05, 0) is 37.8 Å². The number of aryl methyl sites for hydroxylation is 1. The number of halogens is 1. The predicted molar refractivity (Wildman–Crippen MR) is 96.7 cm³/mol. The van der Waals surface area contributed by atoms with Crippen molar-refractivity contribution < 1.29 is 9.18 Å². The molecule has 1 amide bonds. The minimum atomic E-state index is -0.612. The summed E-state index contributed by atoms with van der Waals surface area (Å²) in [7, 11) is 2.82. The van der Waals surface area contributed by atoms with Crippen LogP contribution in [0, 0.1) is 18.7 Å². The van der Waals surface area contributed by atoms with Crippen molar-refractivity contribution in [3.05, 3.63) is 29.2 Å². The lowest BCUT2D eigenvalue weighted by Gasteiger charge is -2.33. The van der Waals surface area contributed by atoms with Crippen molar-refractivity contribution >= 4 is 31.9 Å². The fourth-order valence-electron chi connectivity index (χ4n) is 4.30. The number of carbonyl (C=O) groups is 1. The van der Waals surface area contributed by atoms with Gasteiger partial charge in [-0.3, -0.25) is 9.46 Å². The molecule has 3 atom stereocenters. The van der Waals surface area contributed by atoms with Crippen LogP contribution in [0.4, 0.5) is 10.1 Å². The lowest BCUT2D eigenvalue weighted by atomic mass is 9.94. The van der Waals surface area contributed by atoms with Gasteiger partial charge < -0.3 is 15.6 Å². The second-order valence-electron chi connectivity index (χ2n) is 6.97. The summed E-state index contributed by atoms with van der Waals surface area (Å²) in [5.41, 5.74) is 7.75. The van der Waals surface area contributed by atoms with E-state index in [-0.39, 0.29) is 11.4 Å². The number of fused-ring (bicyclic) bond motifs is 2. The van der Waals surface area contributed by atoms with Crippen molar-refractivity contribution in [2.75, 3.05) is 24.5 Å². The Labute approximate surface area is 142 Å². The zero-order valence-corrected chi connectivity index (χ0v) is 14.8. The quantitative estimate of drug-likeness (QED) is 0.819. The summed E-state index contributed by atoms with van der Waals surface area (Å²) >= 11 is 0. The van der Waals surface area contributed by atoms with E-state index in [9.17, 15) is 9.18 Å². The molecular formula is C17H22FN4OP. The maximum atomic E-state index is 14.9. The van der Waals surface area contributed by atoms with E-state index in [2.05, 4.69) is 23.9 Å². The molecule has 1 aromatic heterocycles. The molecule has 0 radical (unpaired) electrons. The number of nitrogens with two attached hydrogens (primary N) is 1. The van der Waals surface area contributed by atoms with Crippen LogP contribution in [0.5, 0.6) is 0 Å². The lowest BCUT2D eigenvalue weighted by molar-refractivity contribution is 0.100.